The van der Waals surface area contributed by atoms with E-state index < -0.39 is 0 Å². The number of urea groups is 1. The molecule has 1 fully saturated rings. The molecular weight excluding hydrogens is 180 g/mol. The Bertz CT molecular complexity index is 249. The summed E-state index contributed by atoms with van der Waals surface area (Å²) < 4.78 is 0. The minimum absolute atomic E-state index is 0.0350. The molecule has 4 heteroatoms. The molecule has 0 unspecified atom stereocenters. The molecule has 0 atom stereocenters. The number of hydrogen-bond acceptors (Lipinski definition) is 2. The van der Waals surface area contributed by atoms with E-state index in [9.17, 15) is 9.59 Å². The fraction of sp³-hybridized carbons (Fsp3) is 0.800. The van der Waals surface area contributed by atoms with E-state index >= 15 is 0 Å². The third-order valence-corrected chi connectivity index (χ3v) is 2.17. The first-order valence-corrected chi connectivity index (χ1v) is 5.04. The van der Waals surface area contributed by atoms with Gasteiger partial charge < -0.3 is 4.90 Å². The van der Waals surface area contributed by atoms with Crippen LogP contribution in [0, 0.1) is 5.92 Å². The minimum atomic E-state index is -0.140. The number of imide groups is 1. The molecular formula is C10H18N2O2. The lowest BCUT2D eigenvalue weighted by Crippen LogP contribution is -2.38. The van der Waals surface area contributed by atoms with E-state index in [1.54, 1.807) is 4.90 Å². The van der Waals surface area contributed by atoms with E-state index in [2.05, 4.69) is 0 Å². The lowest BCUT2D eigenvalue weighted by atomic mass is 10.2. The Morgan fingerprint density at radius 1 is 1.21 bits per heavy atom. The van der Waals surface area contributed by atoms with E-state index in [4.69, 9.17) is 0 Å². The van der Waals surface area contributed by atoms with Crippen molar-refractivity contribution >= 4 is 11.9 Å². The summed E-state index contributed by atoms with van der Waals surface area (Å²) in [6.07, 6.45) is 0. The average Bonchev–Trinajstić information content (AvgIpc) is 2.25. The van der Waals surface area contributed by atoms with Gasteiger partial charge in [-0.2, -0.15) is 0 Å². The average molecular weight is 198 g/mol. The summed E-state index contributed by atoms with van der Waals surface area (Å²) in [5.74, 6) is 0.324. The van der Waals surface area contributed by atoms with Gasteiger partial charge in [-0.25, -0.2) is 4.79 Å². The Labute approximate surface area is 84.9 Å². The number of nitrogens with zero attached hydrogens (tertiary/aromatic N) is 2. The van der Waals surface area contributed by atoms with Crippen molar-refractivity contribution in [3.05, 3.63) is 0 Å². The van der Waals surface area contributed by atoms with Gasteiger partial charge in [-0.15, -0.1) is 0 Å². The van der Waals surface area contributed by atoms with Crippen LogP contribution >= 0.6 is 0 Å². The standard InChI is InChI=1S/C10H18N2O2/c1-7(2)5-11-6-9(13)12(8(3)4)10(11)14/h7-8H,5-6H2,1-4H3. The van der Waals surface area contributed by atoms with E-state index in [1.807, 2.05) is 27.7 Å². The van der Waals surface area contributed by atoms with Crippen molar-refractivity contribution < 1.29 is 9.59 Å². The molecule has 0 radical (unpaired) electrons. The minimum Gasteiger partial charge on any atom is -0.315 e. The van der Waals surface area contributed by atoms with Crippen LogP contribution in [0.4, 0.5) is 4.79 Å². The van der Waals surface area contributed by atoms with Gasteiger partial charge in [0, 0.05) is 12.6 Å². The summed E-state index contributed by atoms with van der Waals surface area (Å²) in [5.41, 5.74) is 0. The quantitative estimate of drug-likeness (QED) is 0.642. The van der Waals surface area contributed by atoms with Gasteiger partial charge in [0.15, 0.2) is 0 Å². The van der Waals surface area contributed by atoms with E-state index in [0.717, 1.165) is 0 Å². The van der Waals surface area contributed by atoms with Crippen LogP contribution in [0.25, 0.3) is 0 Å². The molecule has 0 aromatic heterocycles. The van der Waals surface area contributed by atoms with Gasteiger partial charge in [0.1, 0.15) is 6.54 Å². The van der Waals surface area contributed by atoms with Crippen molar-refractivity contribution in [2.45, 2.75) is 33.7 Å². The van der Waals surface area contributed by atoms with Crippen molar-refractivity contribution in [1.82, 2.24) is 9.80 Å². The summed E-state index contributed by atoms with van der Waals surface area (Å²) in [5, 5.41) is 0. The largest absolute Gasteiger partial charge is 0.327 e. The van der Waals surface area contributed by atoms with E-state index in [-0.39, 0.29) is 24.5 Å². The van der Waals surface area contributed by atoms with Crippen LogP contribution in [0.2, 0.25) is 0 Å². The van der Waals surface area contributed by atoms with Crippen molar-refractivity contribution in [2.75, 3.05) is 13.1 Å². The smallest absolute Gasteiger partial charge is 0.315 e. The first-order chi connectivity index (χ1) is 6.43. The van der Waals surface area contributed by atoms with E-state index in [1.165, 1.54) is 4.90 Å². The predicted molar refractivity (Wildman–Crippen MR) is 53.8 cm³/mol. The molecule has 1 aliphatic heterocycles. The molecule has 14 heavy (non-hydrogen) atoms. The summed E-state index contributed by atoms with van der Waals surface area (Å²) in [6, 6.07) is -0.175. The highest BCUT2D eigenvalue weighted by Crippen LogP contribution is 2.14. The Morgan fingerprint density at radius 3 is 2.14 bits per heavy atom. The third-order valence-electron chi connectivity index (χ3n) is 2.17. The molecule has 0 N–H and O–H groups in total. The Balaban J connectivity index is 2.69. The number of rotatable bonds is 3. The molecule has 3 amide bonds. The third kappa shape index (κ3) is 2.05. The Morgan fingerprint density at radius 2 is 1.79 bits per heavy atom. The highest BCUT2D eigenvalue weighted by molar-refractivity contribution is 6.02. The zero-order valence-electron chi connectivity index (χ0n) is 9.28. The van der Waals surface area contributed by atoms with Crippen LogP contribution in [0.1, 0.15) is 27.7 Å². The zero-order chi connectivity index (χ0) is 10.9. The molecule has 1 aliphatic rings. The van der Waals surface area contributed by atoms with E-state index in [0.29, 0.717) is 12.5 Å². The number of hydrogen-bond donors (Lipinski definition) is 0. The van der Waals surface area contributed by atoms with Crippen LogP contribution in [-0.4, -0.2) is 40.9 Å². The lowest BCUT2D eigenvalue weighted by Gasteiger charge is -2.20. The summed E-state index contributed by atoms with van der Waals surface area (Å²) >= 11 is 0. The van der Waals surface area contributed by atoms with Gasteiger partial charge in [-0.3, -0.25) is 9.69 Å². The summed E-state index contributed by atoms with van der Waals surface area (Å²) in [4.78, 5) is 26.2. The molecule has 80 valence electrons. The van der Waals surface area contributed by atoms with Gasteiger partial charge in [0.05, 0.1) is 0 Å². The van der Waals surface area contributed by atoms with Crippen molar-refractivity contribution in [2.24, 2.45) is 5.92 Å². The second kappa shape index (κ2) is 3.98. The second-order valence-corrected chi connectivity index (χ2v) is 4.41. The summed E-state index contributed by atoms with van der Waals surface area (Å²) in [6.45, 7) is 8.69. The van der Waals surface area contributed by atoms with Crippen LogP contribution in [0.5, 0.6) is 0 Å². The maximum atomic E-state index is 11.7. The molecule has 0 aromatic carbocycles. The fourth-order valence-corrected chi connectivity index (χ4v) is 1.66. The molecule has 4 nitrogen and oxygen atoms in total. The number of carbonyl (C=O) groups excluding carboxylic acids is 2. The molecule has 0 spiro atoms. The maximum absolute atomic E-state index is 11.7. The van der Waals surface area contributed by atoms with Crippen LogP contribution in [0.15, 0.2) is 0 Å². The highest BCUT2D eigenvalue weighted by atomic mass is 16.2. The van der Waals surface area contributed by atoms with Gasteiger partial charge in [0.25, 0.3) is 5.91 Å². The van der Waals surface area contributed by atoms with Crippen molar-refractivity contribution in [3.8, 4) is 0 Å². The van der Waals surface area contributed by atoms with Crippen molar-refractivity contribution in [1.29, 1.82) is 0 Å². The fourth-order valence-electron chi connectivity index (χ4n) is 1.66. The zero-order valence-corrected chi connectivity index (χ0v) is 9.28. The molecule has 1 rings (SSSR count). The number of carbonyl (C=O) groups is 2. The van der Waals surface area contributed by atoms with Gasteiger partial charge in [-0.05, 0) is 19.8 Å². The first-order valence-electron chi connectivity index (χ1n) is 5.04. The second-order valence-electron chi connectivity index (χ2n) is 4.41. The Hall–Kier alpha value is -1.06. The predicted octanol–water partition coefficient (Wildman–Crippen LogP) is 1.31. The van der Waals surface area contributed by atoms with Gasteiger partial charge in [-0.1, -0.05) is 13.8 Å². The molecule has 1 saturated heterocycles. The first kappa shape index (κ1) is 11.0. The molecule has 1 heterocycles. The van der Waals surface area contributed by atoms with Crippen LogP contribution in [0.3, 0.4) is 0 Å². The molecule has 0 aromatic rings. The van der Waals surface area contributed by atoms with Crippen LogP contribution in [-0.2, 0) is 4.79 Å². The summed E-state index contributed by atoms with van der Waals surface area (Å²) in [7, 11) is 0. The topological polar surface area (TPSA) is 40.6 Å². The lowest BCUT2D eigenvalue weighted by molar-refractivity contribution is -0.126. The molecule has 0 aliphatic carbocycles. The molecule has 0 bridgehead atoms. The number of amides is 3. The van der Waals surface area contributed by atoms with Gasteiger partial charge in [0.2, 0.25) is 0 Å². The van der Waals surface area contributed by atoms with Gasteiger partial charge >= 0.3 is 6.03 Å². The normalized spacial score (nSPS) is 17.9. The Kier molecular flexibility index (Phi) is 3.13. The SMILES string of the molecule is CC(C)CN1CC(=O)N(C(C)C)C1=O. The monoisotopic (exact) mass is 198 g/mol. The molecule has 0 saturated carbocycles. The van der Waals surface area contributed by atoms with Crippen LogP contribution < -0.4 is 0 Å². The highest BCUT2D eigenvalue weighted by Gasteiger charge is 2.37. The van der Waals surface area contributed by atoms with Crippen molar-refractivity contribution in [3.63, 3.8) is 0 Å². The maximum Gasteiger partial charge on any atom is 0.327 e.